The van der Waals surface area contributed by atoms with Gasteiger partial charge < -0.3 is 5.11 Å². The molecule has 0 saturated heterocycles. The van der Waals surface area contributed by atoms with Gasteiger partial charge in [-0.1, -0.05) is 12.1 Å². The Balaban J connectivity index is 0.000000267. The number of rotatable bonds is 0. The Labute approximate surface area is 102 Å². The van der Waals surface area contributed by atoms with E-state index in [0.717, 1.165) is 17.8 Å². The van der Waals surface area contributed by atoms with Gasteiger partial charge in [-0.3, -0.25) is 19.2 Å². The number of aromatic nitrogens is 2. The third-order valence-electron chi connectivity index (χ3n) is 2.39. The Morgan fingerprint density at radius 1 is 1.22 bits per heavy atom. The standard InChI is InChI=1S/C11H8N2O.C2H4O2/c14-11-8-4-1-2-5-9(8)12-13-7-3-6-10(11)13;1-2(3)4/h1-7,12H;1H3,(H,3,4). The number of carboxylic acids is 1. The van der Waals surface area contributed by atoms with Crippen molar-refractivity contribution < 1.29 is 9.90 Å². The SMILES string of the molecule is CC(=O)O.O=c1c2ccccc2[nH]n2cccc12. The molecule has 0 radical (unpaired) electrons. The summed E-state index contributed by atoms with van der Waals surface area (Å²) in [5.41, 5.74) is 1.62. The maximum absolute atomic E-state index is 11.9. The first-order valence-electron chi connectivity index (χ1n) is 5.37. The second kappa shape index (κ2) is 4.75. The lowest BCUT2D eigenvalue weighted by Crippen LogP contribution is -2.07. The number of benzene rings is 1. The Hall–Kier alpha value is -2.56. The smallest absolute Gasteiger partial charge is 0.300 e. The monoisotopic (exact) mass is 244 g/mol. The number of para-hydroxylation sites is 1. The molecule has 0 unspecified atom stereocenters. The first-order valence-corrected chi connectivity index (χ1v) is 5.37. The molecule has 5 nitrogen and oxygen atoms in total. The minimum atomic E-state index is -0.833. The maximum Gasteiger partial charge on any atom is 0.300 e. The Morgan fingerprint density at radius 2 is 1.89 bits per heavy atom. The second-order valence-electron chi connectivity index (χ2n) is 3.77. The molecule has 0 fully saturated rings. The van der Waals surface area contributed by atoms with Crippen LogP contribution in [0.2, 0.25) is 0 Å². The molecular weight excluding hydrogens is 232 g/mol. The van der Waals surface area contributed by atoms with Crippen molar-refractivity contribution in [1.29, 1.82) is 0 Å². The van der Waals surface area contributed by atoms with Crippen molar-refractivity contribution in [2.24, 2.45) is 0 Å². The molecule has 2 N–H and O–H groups in total. The molecule has 3 aromatic rings. The van der Waals surface area contributed by atoms with Gasteiger partial charge >= 0.3 is 0 Å². The number of fused-ring (bicyclic) bond motifs is 2. The fourth-order valence-corrected chi connectivity index (χ4v) is 1.71. The van der Waals surface area contributed by atoms with Crippen molar-refractivity contribution in [2.45, 2.75) is 6.92 Å². The van der Waals surface area contributed by atoms with Gasteiger partial charge in [0.1, 0.15) is 5.52 Å². The Bertz CT molecular complexity index is 751. The van der Waals surface area contributed by atoms with E-state index in [1.165, 1.54) is 0 Å². The minimum absolute atomic E-state index is 0.0735. The quantitative estimate of drug-likeness (QED) is 0.634. The van der Waals surface area contributed by atoms with Crippen LogP contribution in [0.3, 0.4) is 0 Å². The highest BCUT2D eigenvalue weighted by Gasteiger charge is 2.02. The lowest BCUT2D eigenvalue weighted by atomic mass is 10.2. The Kier molecular flexibility index (Phi) is 3.14. The average molecular weight is 244 g/mol. The zero-order chi connectivity index (χ0) is 13.1. The normalized spacial score (nSPS) is 10.1. The van der Waals surface area contributed by atoms with Crippen molar-refractivity contribution >= 4 is 22.4 Å². The van der Waals surface area contributed by atoms with E-state index >= 15 is 0 Å². The van der Waals surface area contributed by atoms with Crippen LogP contribution in [0.1, 0.15) is 6.92 Å². The van der Waals surface area contributed by atoms with E-state index in [2.05, 4.69) is 5.10 Å². The molecule has 0 bridgehead atoms. The number of carboxylic acid groups (broad SMARTS) is 1. The number of nitrogens with one attached hydrogen (secondary N) is 1. The summed E-state index contributed by atoms with van der Waals surface area (Å²) in [5.74, 6) is -0.833. The van der Waals surface area contributed by atoms with Crippen LogP contribution in [0.15, 0.2) is 47.4 Å². The summed E-state index contributed by atoms with van der Waals surface area (Å²) in [5, 5.41) is 11.3. The van der Waals surface area contributed by atoms with Gasteiger partial charge in [-0.05, 0) is 24.3 Å². The third kappa shape index (κ3) is 2.24. The molecule has 0 aliphatic heterocycles. The highest BCUT2D eigenvalue weighted by atomic mass is 16.4. The van der Waals surface area contributed by atoms with Crippen molar-refractivity contribution in [3.05, 3.63) is 52.8 Å². The highest BCUT2D eigenvalue weighted by molar-refractivity contribution is 5.81. The van der Waals surface area contributed by atoms with Crippen LogP contribution < -0.4 is 5.43 Å². The summed E-state index contributed by atoms with van der Waals surface area (Å²) in [4.78, 5) is 20.9. The predicted molar refractivity (Wildman–Crippen MR) is 68.8 cm³/mol. The van der Waals surface area contributed by atoms with Gasteiger partial charge in [0.15, 0.2) is 0 Å². The first kappa shape index (κ1) is 11.9. The number of H-pyrrole nitrogens is 1. The largest absolute Gasteiger partial charge is 0.481 e. The van der Waals surface area contributed by atoms with E-state index < -0.39 is 5.97 Å². The number of aromatic amines is 1. The van der Waals surface area contributed by atoms with Crippen molar-refractivity contribution in [3.8, 4) is 0 Å². The third-order valence-corrected chi connectivity index (χ3v) is 2.39. The summed E-state index contributed by atoms with van der Waals surface area (Å²) in [6.07, 6.45) is 1.84. The molecule has 0 spiro atoms. The van der Waals surface area contributed by atoms with E-state index in [1.807, 2.05) is 42.6 Å². The zero-order valence-electron chi connectivity index (χ0n) is 9.75. The summed E-state index contributed by atoms with van der Waals surface area (Å²) in [6.45, 7) is 1.08. The predicted octanol–water partition coefficient (Wildman–Crippen LogP) is 1.87. The van der Waals surface area contributed by atoms with Gasteiger partial charge in [0.25, 0.3) is 5.97 Å². The van der Waals surface area contributed by atoms with Gasteiger partial charge in [0.05, 0.1) is 5.52 Å². The van der Waals surface area contributed by atoms with E-state index in [-0.39, 0.29) is 5.43 Å². The van der Waals surface area contributed by atoms with Gasteiger partial charge in [-0.25, -0.2) is 0 Å². The molecule has 1 aromatic carbocycles. The van der Waals surface area contributed by atoms with Gasteiger partial charge in [0, 0.05) is 18.5 Å². The minimum Gasteiger partial charge on any atom is -0.481 e. The number of aliphatic carboxylic acids is 1. The molecule has 0 aliphatic carbocycles. The summed E-state index contributed by atoms with van der Waals surface area (Å²) in [7, 11) is 0. The Morgan fingerprint density at radius 3 is 2.61 bits per heavy atom. The van der Waals surface area contributed by atoms with E-state index in [1.54, 1.807) is 4.52 Å². The van der Waals surface area contributed by atoms with Crippen molar-refractivity contribution in [3.63, 3.8) is 0 Å². The van der Waals surface area contributed by atoms with Crippen LogP contribution >= 0.6 is 0 Å². The van der Waals surface area contributed by atoms with E-state index in [4.69, 9.17) is 9.90 Å². The summed E-state index contributed by atoms with van der Waals surface area (Å²) >= 11 is 0. The fraction of sp³-hybridized carbons (Fsp3) is 0.0769. The first-order chi connectivity index (χ1) is 8.59. The molecule has 92 valence electrons. The molecule has 0 saturated carbocycles. The van der Waals surface area contributed by atoms with Crippen molar-refractivity contribution in [2.75, 3.05) is 0 Å². The number of nitrogens with zero attached hydrogens (tertiary/aromatic N) is 1. The van der Waals surface area contributed by atoms with Crippen LogP contribution in [0, 0.1) is 0 Å². The van der Waals surface area contributed by atoms with E-state index in [9.17, 15) is 4.79 Å². The number of hydrogen-bond donors (Lipinski definition) is 2. The fourth-order valence-electron chi connectivity index (χ4n) is 1.71. The number of carbonyl (C=O) groups is 1. The second-order valence-corrected chi connectivity index (χ2v) is 3.77. The lowest BCUT2D eigenvalue weighted by Gasteiger charge is -1.99. The van der Waals surface area contributed by atoms with Gasteiger partial charge in [-0.15, -0.1) is 0 Å². The average Bonchev–Trinajstić information content (AvgIpc) is 2.77. The van der Waals surface area contributed by atoms with Crippen LogP contribution in [0.25, 0.3) is 16.4 Å². The molecule has 2 aromatic heterocycles. The van der Waals surface area contributed by atoms with Crippen LogP contribution in [-0.2, 0) is 4.79 Å². The molecule has 5 heteroatoms. The van der Waals surface area contributed by atoms with Gasteiger partial charge in [0.2, 0.25) is 5.43 Å². The molecule has 0 amide bonds. The van der Waals surface area contributed by atoms with E-state index in [0.29, 0.717) is 5.52 Å². The number of hydrogen-bond acceptors (Lipinski definition) is 2. The summed E-state index contributed by atoms with van der Waals surface area (Å²) < 4.78 is 1.74. The van der Waals surface area contributed by atoms with Crippen LogP contribution in [-0.4, -0.2) is 20.7 Å². The molecule has 3 rings (SSSR count). The highest BCUT2D eigenvalue weighted by Crippen LogP contribution is 2.07. The zero-order valence-corrected chi connectivity index (χ0v) is 9.75. The van der Waals surface area contributed by atoms with Crippen LogP contribution in [0.4, 0.5) is 0 Å². The summed E-state index contributed by atoms with van der Waals surface area (Å²) in [6, 6.07) is 11.2. The maximum atomic E-state index is 11.9. The lowest BCUT2D eigenvalue weighted by molar-refractivity contribution is -0.134. The molecule has 0 aliphatic rings. The molecular formula is C13H12N2O3. The van der Waals surface area contributed by atoms with Gasteiger partial charge in [-0.2, -0.15) is 0 Å². The molecule has 18 heavy (non-hydrogen) atoms. The molecule has 2 heterocycles. The van der Waals surface area contributed by atoms with Crippen molar-refractivity contribution in [1.82, 2.24) is 9.61 Å². The topological polar surface area (TPSA) is 74.6 Å². The van der Waals surface area contributed by atoms with Crippen LogP contribution in [0.5, 0.6) is 0 Å². The molecule has 0 atom stereocenters.